The van der Waals surface area contributed by atoms with E-state index in [0.717, 1.165) is 36.1 Å². The van der Waals surface area contributed by atoms with E-state index in [0.29, 0.717) is 5.82 Å². The Morgan fingerprint density at radius 3 is 2.32 bits per heavy atom. The molecular weight excluding hydrogens is 498 g/mol. The van der Waals surface area contributed by atoms with Crippen LogP contribution < -0.4 is 10.6 Å². The van der Waals surface area contributed by atoms with Crippen molar-refractivity contribution >= 4 is 31.8 Å². The Morgan fingerprint density at radius 1 is 1.16 bits per heavy atom. The Balaban J connectivity index is 1.55. The number of hydrogen-bond donors (Lipinski definition) is 4. The lowest BCUT2D eigenvalue weighted by Gasteiger charge is -2.48. The Kier molecular flexibility index (Phi) is 7.01. The van der Waals surface area contributed by atoms with Gasteiger partial charge in [-0.05, 0) is 52.5 Å². The second-order valence-electron chi connectivity index (χ2n) is 13.0. The molecule has 38 heavy (non-hydrogen) atoms. The van der Waals surface area contributed by atoms with Crippen LogP contribution in [0.15, 0.2) is 30.3 Å². The van der Waals surface area contributed by atoms with Crippen LogP contribution in [-0.4, -0.2) is 46.2 Å². The monoisotopic (exact) mass is 539 g/mol. The number of nitrogens with zero attached hydrogens (tertiary/aromatic N) is 2. The third kappa shape index (κ3) is 4.74. The first-order valence-electron chi connectivity index (χ1n) is 13.4. The van der Waals surface area contributed by atoms with Gasteiger partial charge in [-0.3, -0.25) is 14.7 Å². The highest BCUT2D eigenvalue weighted by Gasteiger charge is 2.54. The van der Waals surface area contributed by atoms with Gasteiger partial charge in [-0.25, -0.2) is 4.79 Å². The maximum absolute atomic E-state index is 13.7. The molecule has 3 amide bonds. The smallest absolute Gasteiger partial charge is 0.318 e. The number of carboxylic acid groups (broad SMARTS) is 1. The van der Waals surface area contributed by atoms with Gasteiger partial charge in [0.1, 0.15) is 0 Å². The van der Waals surface area contributed by atoms with Crippen LogP contribution >= 0.6 is 0 Å². The Labute approximate surface area is 225 Å². The molecule has 1 fully saturated rings. The number of H-pyrrole nitrogens is 1. The van der Waals surface area contributed by atoms with Crippen molar-refractivity contribution in [2.75, 3.05) is 5.32 Å². The second kappa shape index (κ2) is 9.55. The zero-order valence-corrected chi connectivity index (χ0v) is 24.6. The van der Waals surface area contributed by atoms with Gasteiger partial charge in [0.05, 0.1) is 37.3 Å². The Bertz CT molecular complexity index is 1230. The molecule has 206 valence electrons. The summed E-state index contributed by atoms with van der Waals surface area (Å²) in [5.74, 6) is -0.388. The van der Waals surface area contributed by atoms with Crippen molar-refractivity contribution in [2.45, 2.75) is 96.2 Å². The number of urea groups is 1. The number of amides is 3. The molecule has 0 bridgehead atoms. The van der Waals surface area contributed by atoms with E-state index in [1.807, 2.05) is 44.2 Å². The van der Waals surface area contributed by atoms with E-state index in [2.05, 4.69) is 40.5 Å². The Morgan fingerprint density at radius 2 is 1.79 bits per heavy atom. The van der Waals surface area contributed by atoms with Gasteiger partial charge >= 0.3 is 12.0 Å². The summed E-state index contributed by atoms with van der Waals surface area (Å²) < 4.78 is 0. The third-order valence-corrected chi connectivity index (χ3v) is 12.4. The molecule has 2 heterocycles. The number of fused-ring (bicyclic) bond motifs is 1. The molecule has 0 unspecified atom stereocenters. The van der Waals surface area contributed by atoms with E-state index >= 15 is 0 Å². The molecule has 0 spiro atoms. The number of aromatic amines is 1. The lowest BCUT2D eigenvalue weighted by Crippen LogP contribution is -2.52. The van der Waals surface area contributed by atoms with Crippen LogP contribution in [0.4, 0.5) is 10.6 Å². The predicted octanol–water partition coefficient (Wildman–Crippen LogP) is 5.61. The van der Waals surface area contributed by atoms with Gasteiger partial charge < -0.3 is 20.6 Å². The van der Waals surface area contributed by atoms with Crippen molar-refractivity contribution in [3.8, 4) is 0 Å². The Hall–Kier alpha value is -3.14. The summed E-state index contributed by atoms with van der Waals surface area (Å²) in [6, 6.07) is 8.65. The highest BCUT2D eigenvalue weighted by atomic mass is 28.3. The number of carbonyl (C=O) groups excluding carboxylic acids is 2. The summed E-state index contributed by atoms with van der Waals surface area (Å²) in [4.78, 5) is 40.7. The topological polar surface area (TPSA) is 127 Å². The number of benzene rings is 1. The van der Waals surface area contributed by atoms with Crippen LogP contribution in [0.5, 0.6) is 0 Å². The minimum Gasteiger partial charge on any atom is -0.481 e. The van der Waals surface area contributed by atoms with Crippen LogP contribution in [0.1, 0.15) is 76.2 Å². The van der Waals surface area contributed by atoms with E-state index in [-0.39, 0.29) is 29.9 Å². The van der Waals surface area contributed by atoms with Crippen molar-refractivity contribution in [2.24, 2.45) is 5.41 Å². The summed E-state index contributed by atoms with van der Waals surface area (Å²) in [5, 5.41) is 23.2. The van der Waals surface area contributed by atoms with Crippen LogP contribution in [0.2, 0.25) is 24.7 Å². The third-order valence-electron chi connectivity index (χ3n) is 8.82. The molecule has 4 rings (SSSR count). The van der Waals surface area contributed by atoms with Crippen LogP contribution in [0, 0.1) is 5.41 Å². The zero-order valence-electron chi connectivity index (χ0n) is 23.6. The lowest BCUT2D eigenvalue weighted by molar-refractivity contribution is -0.147. The molecule has 1 aliphatic carbocycles. The molecule has 9 nitrogen and oxygen atoms in total. The first-order valence-corrected chi connectivity index (χ1v) is 16.9. The number of carboxylic acids is 1. The standard InChI is InChI=1S/C28H41N5O4Si/c1-26(2,24(35)36)16-20(18-12-9-8-10-13-18)29-25(37)33-17-19-21(27(33,3)4)31-32-22(19)30-23(34)28(14-11-15-28)38(5,6)7/h8-10,12-13,20H,11,14-17H2,1-7H3,(H,29,37)(H,35,36)(H2,30,31,32,34)/t20-/m0/s1. The molecule has 2 aliphatic rings. The quantitative estimate of drug-likeness (QED) is 0.324. The molecular formula is C28H41N5O4Si. The molecule has 0 radical (unpaired) electrons. The summed E-state index contributed by atoms with van der Waals surface area (Å²) in [6.07, 6.45) is 3.13. The highest BCUT2D eigenvalue weighted by Crippen LogP contribution is 2.56. The first-order chi connectivity index (χ1) is 17.6. The molecule has 1 aromatic heterocycles. The molecule has 1 aliphatic heterocycles. The van der Waals surface area contributed by atoms with E-state index in [4.69, 9.17) is 0 Å². The van der Waals surface area contributed by atoms with Gasteiger partial charge in [0.15, 0.2) is 5.82 Å². The molecule has 2 aromatic rings. The molecule has 1 saturated carbocycles. The second-order valence-corrected chi connectivity index (χ2v) is 18.5. The molecule has 4 N–H and O–H groups in total. The lowest BCUT2D eigenvalue weighted by atomic mass is 9.83. The van der Waals surface area contributed by atoms with Gasteiger partial charge in [0.2, 0.25) is 5.91 Å². The van der Waals surface area contributed by atoms with E-state index in [9.17, 15) is 19.5 Å². The number of nitrogens with one attached hydrogen (secondary N) is 3. The summed E-state index contributed by atoms with van der Waals surface area (Å²) >= 11 is 0. The fraction of sp³-hybridized carbons (Fsp3) is 0.571. The van der Waals surface area contributed by atoms with Gasteiger partial charge in [0.25, 0.3) is 0 Å². The predicted molar refractivity (Wildman–Crippen MR) is 149 cm³/mol. The van der Waals surface area contributed by atoms with E-state index in [1.165, 1.54) is 0 Å². The normalized spacial score (nSPS) is 18.8. The number of hydrogen-bond acceptors (Lipinski definition) is 4. The molecule has 0 saturated heterocycles. The number of carbonyl (C=O) groups is 3. The molecule has 1 aromatic carbocycles. The first kappa shape index (κ1) is 27.9. The zero-order chi connectivity index (χ0) is 28.1. The number of aromatic nitrogens is 2. The SMILES string of the molecule is CC(C)(C[C@H](NC(=O)N1Cc2c(NC(=O)C3([Si](C)(C)C)CCC3)n[nH]c2C1(C)C)c1ccccc1)C(=O)O. The summed E-state index contributed by atoms with van der Waals surface area (Å²) in [6.45, 7) is 14.2. The number of rotatable bonds is 8. The minimum absolute atomic E-state index is 0.0398. The van der Waals surface area contributed by atoms with Gasteiger partial charge in [-0.2, -0.15) is 5.10 Å². The van der Waals surface area contributed by atoms with Crippen LogP contribution in [0.3, 0.4) is 0 Å². The fourth-order valence-electron chi connectivity index (χ4n) is 5.78. The van der Waals surface area contributed by atoms with Crippen molar-refractivity contribution < 1.29 is 19.5 Å². The van der Waals surface area contributed by atoms with Crippen molar-refractivity contribution in [1.82, 2.24) is 20.4 Å². The minimum atomic E-state index is -1.75. The largest absolute Gasteiger partial charge is 0.481 e. The maximum atomic E-state index is 13.7. The molecule has 1 atom stereocenters. The average Bonchev–Trinajstić information content (AvgIpc) is 3.29. The summed E-state index contributed by atoms with van der Waals surface area (Å²) in [7, 11) is -1.75. The number of anilines is 1. The van der Waals surface area contributed by atoms with E-state index < -0.39 is 31.0 Å². The maximum Gasteiger partial charge on any atom is 0.318 e. The molecule has 10 heteroatoms. The van der Waals surface area contributed by atoms with Crippen LogP contribution in [0.25, 0.3) is 0 Å². The highest BCUT2D eigenvalue weighted by molar-refractivity contribution is 6.83. The van der Waals surface area contributed by atoms with Gasteiger partial charge in [0, 0.05) is 10.6 Å². The average molecular weight is 540 g/mol. The van der Waals surface area contributed by atoms with Crippen molar-refractivity contribution in [3.63, 3.8) is 0 Å². The van der Waals surface area contributed by atoms with Gasteiger partial charge in [-0.1, -0.05) is 56.4 Å². The van der Waals surface area contributed by atoms with E-state index in [1.54, 1.807) is 18.7 Å². The summed E-state index contributed by atoms with van der Waals surface area (Å²) in [5.41, 5.74) is 0.712. The fourth-order valence-corrected chi connectivity index (χ4v) is 8.38. The van der Waals surface area contributed by atoms with Crippen LogP contribution in [-0.2, 0) is 21.7 Å². The van der Waals surface area contributed by atoms with Crippen molar-refractivity contribution in [1.29, 1.82) is 0 Å². The van der Waals surface area contributed by atoms with Gasteiger partial charge in [-0.15, -0.1) is 0 Å². The van der Waals surface area contributed by atoms with Crippen molar-refractivity contribution in [3.05, 3.63) is 47.2 Å². The number of aliphatic carboxylic acids is 1.